The van der Waals surface area contributed by atoms with Gasteiger partial charge in [0.25, 0.3) is 5.91 Å². The molecule has 0 heterocycles. The number of halogens is 1. The lowest BCUT2D eigenvalue weighted by molar-refractivity contribution is 0.0738. The lowest BCUT2D eigenvalue weighted by Gasteiger charge is -2.26. The van der Waals surface area contributed by atoms with Crippen LogP contribution in [0.3, 0.4) is 0 Å². The van der Waals surface area contributed by atoms with Crippen LogP contribution in [-0.2, 0) is 0 Å². The molecule has 0 aromatic heterocycles. The molecule has 1 aromatic rings. The Morgan fingerprint density at radius 3 is 2.79 bits per heavy atom. The third kappa shape index (κ3) is 4.03. The Bertz CT molecular complexity index is 430. The number of carbonyl (C=O) groups is 1. The Morgan fingerprint density at radius 1 is 1.37 bits per heavy atom. The molecule has 0 radical (unpaired) electrons. The summed E-state index contributed by atoms with van der Waals surface area (Å²) in [5.74, 6) is -0.489. The van der Waals surface area contributed by atoms with Crippen LogP contribution >= 0.6 is 0 Å². The van der Waals surface area contributed by atoms with Crippen molar-refractivity contribution in [2.45, 2.75) is 38.2 Å². The van der Waals surface area contributed by atoms with Crippen molar-refractivity contribution in [3.8, 4) is 0 Å². The van der Waals surface area contributed by atoms with Gasteiger partial charge in [-0.05, 0) is 37.0 Å². The monoisotopic (exact) mass is 265 g/mol. The van der Waals surface area contributed by atoms with Crippen molar-refractivity contribution in [1.82, 2.24) is 5.32 Å². The van der Waals surface area contributed by atoms with E-state index < -0.39 is 11.9 Å². The minimum atomic E-state index is -0.502. The lowest BCUT2D eigenvalue weighted by atomic mass is 9.85. The number of nitrogens with one attached hydrogen (secondary N) is 1. The molecule has 2 N–H and O–H groups in total. The van der Waals surface area contributed by atoms with Crippen LogP contribution < -0.4 is 5.32 Å². The summed E-state index contributed by atoms with van der Waals surface area (Å²) in [7, 11) is 0. The highest BCUT2D eigenvalue weighted by Crippen LogP contribution is 2.26. The SMILES string of the molecule is O=C(NC[C@@H](O)C1CCCCC1)c1cccc(F)c1. The van der Waals surface area contributed by atoms with E-state index in [9.17, 15) is 14.3 Å². The third-order valence-corrected chi connectivity index (χ3v) is 3.75. The van der Waals surface area contributed by atoms with E-state index in [1.54, 1.807) is 6.07 Å². The van der Waals surface area contributed by atoms with Gasteiger partial charge < -0.3 is 10.4 Å². The summed E-state index contributed by atoms with van der Waals surface area (Å²) in [5, 5.41) is 12.7. The molecule has 1 saturated carbocycles. The average molecular weight is 265 g/mol. The standard InChI is InChI=1S/C15H20FNO2/c16-13-8-4-7-12(9-13)15(19)17-10-14(18)11-5-2-1-3-6-11/h4,7-9,11,14,18H,1-3,5-6,10H2,(H,17,19)/t14-/m1/s1. The summed E-state index contributed by atoms with van der Waals surface area (Å²) in [4.78, 5) is 11.8. The molecule has 0 aliphatic heterocycles. The predicted molar refractivity (Wildman–Crippen MR) is 71.3 cm³/mol. The van der Waals surface area contributed by atoms with E-state index in [0.717, 1.165) is 25.7 Å². The van der Waals surface area contributed by atoms with Gasteiger partial charge in [0.2, 0.25) is 0 Å². The summed E-state index contributed by atoms with van der Waals surface area (Å²) >= 11 is 0. The van der Waals surface area contributed by atoms with Gasteiger partial charge in [-0.1, -0.05) is 25.3 Å². The first-order valence-electron chi connectivity index (χ1n) is 6.88. The lowest BCUT2D eigenvalue weighted by Crippen LogP contribution is -2.37. The van der Waals surface area contributed by atoms with E-state index in [4.69, 9.17) is 0 Å². The molecule has 0 bridgehead atoms. The minimum Gasteiger partial charge on any atom is -0.391 e. The molecular weight excluding hydrogens is 245 g/mol. The summed E-state index contributed by atoms with van der Waals surface area (Å²) in [6.07, 6.45) is 5.09. The van der Waals surface area contributed by atoms with Gasteiger partial charge in [-0.3, -0.25) is 4.79 Å². The third-order valence-electron chi connectivity index (χ3n) is 3.75. The zero-order valence-electron chi connectivity index (χ0n) is 10.9. The van der Waals surface area contributed by atoms with Gasteiger partial charge in [0.1, 0.15) is 5.82 Å². The van der Waals surface area contributed by atoms with Gasteiger partial charge in [0.15, 0.2) is 0 Å². The highest BCUT2D eigenvalue weighted by atomic mass is 19.1. The maximum atomic E-state index is 13.0. The van der Waals surface area contributed by atoms with Crippen molar-refractivity contribution >= 4 is 5.91 Å². The Balaban J connectivity index is 1.82. The van der Waals surface area contributed by atoms with Crippen molar-refractivity contribution in [2.24, 2.45) is 5.92 Å². The average Bonchev–Trinajstić information content (AvgIpc) is 2.45. The number of amides is 1. The fraction of sp³-hybridized carbons (Fsp3) is 0.533. The minimum absolute atomic E-state index is 0.236. The van der Waals surface area contributed by atoms with Crippen LogP contribution in [0.2, 0.25) is 0 Å². The van der Waals surface area contributed by atoms with Crippen LogP contribution in [0, 0.1) is 11.7 Å². The van der Waals surface area contributed by atoms with Crippen LogP contribution in [0.1, 0.15) is 42.5 Å². The molecule has 19 heavy (non-hydrogen) atoms. The fourth-order valence-electron chi connectivity index (χ4n) is 2.61. The van der Waals surface area contributed by atoms with Gasteiger partial charge in [0, 0.05) is 12.1 Å². The number of hydrogen-bond acceptors (Lipinski definition) is 2. The van der Waals surface area contributed by atoms with Crippen LogP contribution in [0.15, 0.2) is 24.3 Å². The first kappa shape index (κ1) is 14.0. The molecule has 4 heteroatoms. The van der Waals surface area contributed by atoms with Gasteiger partial charge >= 0.3 is 0 Å². The molecule has 0 saturated heterocycles. The maximum Gasteiger partial charge on any atom is 0.251 e. The Morgan fingerprint density at radius 2 is 2.11 bits per heavy atom. The molecule has 104 valence electrons. The van der Waals surface area contributed by atoms with Gasteiger partial charge in [0.05, 0.1) is 6.10 Å². The normalized spacial score (nSPS) is 18.0. The second-order valence-corrected chi connectivity index (χ2v) is 5.19. The quantitative estimate of drug-likeness (QED) is 0.878. The molecule has 1 aliphatic rings. The first-order valence-corrected chi connectivity index (χ1v) is 6.88. The van der Waals surface area contributed by atoms with Crippen molar-refractivity contribution in [3.05, 3.63) is 35.6 Å². The van der Waals surface area contributed by atoms with Crippen LogP contribution in [0.5, 0.6) is 0 Å². The topological polar surface area (TPSA) is 49.3 Å². The van der Waals surface area contributed by atoms with Crippen LogP contribution in [0.25, 0.3) is 0 Å². The molecule has 1 aromatic carbocycles. The number of carbonyl (C=O) groups excluding carboxylic acids is 1. The fourth-order valence-corrected chi connectivity index (χ4v) is 2.61. The smallest absolute Gasteiger partial charge is 0.251 e. The number of aliphatic hydroxyl groups excluding tert-OH is 1. The highest BCUT2D eigenvalue weighted by Gasteiger charge is 2.22. The summed E-state index contributed by atoms with van der Waals surface area (Å²) in [5.41, 5.74) is 0.288. The number of aliphatic hydroxyl groups is 1. The van der Waals surface area contributed by atoms with Crippen LogP contribution in [0.4, 0.5) is 4.39 Å². The number of rotatable bonds is 4. The van der Waals surface area contributed by atoms with E-state index in [1.807, 2.05) is 0 Å². The zero-order chi connectivity index (χ0) is 13.7. The van der Waals surface area contributed by atoms with E-state index in [2.05, 4.69) is 5.32 Å². The molecule has 1 amide bonds. The molecule has 3 nitrogen and oxygen atoms in total. The van der Waals surface area contributed by atoms with Crippen LogP contribution in [-0.4, -0.2) is 23.7 Å². The second kappa shape index (κ2) is 6.66. The number of benzene rings is 1. The Labute approximate surface area is 112 Å². The number of hydrogen-bond donors (Lipinski definition) is 2. The van der Waals surface area contributed by atoms with Gasteiger partial charge in [-0.25, -0.2) is 4.39 Å². The largest absolute Gasteiger partial charge is 0.391 e. The predicted octanol–water partition coefficient (Wildman–Crippen LogP) is 2.50. The van der Waals surface area contributed by atoms with Crippen molar-refractivity contribution in [1.29, 1.82) is 0 Å². The zero-order valence-corrected chi connectivity index (χ0v) is 10.9. The molecule has 2 rings (SSSR count). The van der Waals surface area contributed by atoms with Gasteiger partial charge in [-0.2, -0.15) is 0 Å². The van der Waals surface area contributed by atoms with Crippen molar-refractivity contribution in [3.63, 3.8) is 0 Å². The summed E-state index contributed by atoms with van der Waals surface area (Å²) in [6, 6.07) is 5.56. The second-order valence-electron chi connectivity index (χ2n) is 5.19. The molecule has 0 unspecified atom stereocenters. The van der Waals surface area contributed by atoms with E-state index >= 15 is 0 Å². The molecule has 1 fully saturated rings. The first-order chi connectivity index (χ1) is 9.16. The maximum absolute atomic E-state index is 13.0. The van der Waals surface area contributed by atoms with E-state index in [0.29, 0.717) is 0 Å². The van der Waals surface area contributed by atoms with E-state index in [-0.39, 0.29) is 23.9 Å². The van der Waals surface area contributed by atoms with E-state index in [1.165, 1.54) is 24.6 Å². The Kier molecular flexibility index (Phi) is 4.91. The molecule has 1 atom stereocenters. The molecule has 0 spiro atoms. The van der Waals surface area contributed by atoms with Crippen molar-refractivity contribution < 1.29 is 14.3 Å². The van der Waals surface area contributed by atoms with Crippen molar-refractivity contribution in [2.75, 3.05) is 6.54 Å². The van der Waals surface area contributed by atoms with Gasteiger partial charge in [-0.15, -0.1) is 0 Å². The summed E-state index contributed by atoms with van der Waals surface area (Å²) < 4.78 is 13.0. The Hall–Kier alpha value is -1.42. The molecule has 1 aliphatic carbocycles. The summed E-state index contributed by atoms with van der Waals surface area (Å²) in [6.45, 7) is 0.236. The molecular formula is C15H20FNO2. The highest BCUT2D eigenvalue weighted by molar-refractivity contribution is 5.94.